The monoisotopic (exact) mass is 528 g/mol. The molecule has 0 saturated heterocycles. The smallest absolute Gasteiger partial charge is 0.247 e. The van der Waals surface area contributed by atoms with Gasteiger partial charge in [0.15, 0.2) is 11.5 Å². The van der Waals surface area contributed by atoms with Gasteiger partial charge in [0.2, 0.25) is 11.8 Å². The van der Waals surface area contributed by atoms with E-state index in [0.717, 1.165) is 38.5 Å². The minimum atomic E-state index is -1.11. The van der Waals surface area contributed by atoms with Crippen LogP contribution >= 0.6 is 0 Å². The Labute approximate surface area is 224 Å². The fraction of sp³-hybridized carbons (Fsp3) is 0.586. The van der Waals surface area contributed by atoms with Gasteiger partial charge in [-0.2, -0.15) is 0 Å². The van der Waals surface area contributed by atoms with Crippen LogP contribution in [0.25, 0.3) is 0 Å². The number of aliphatic hydroxyl groups excluding tert-OH is 3. The van der Waals surface area contributed by atoms with Gasteiger partial charge >= 0.3 is 0 Å². The lowest BCUT2D eigenvalue weighted by atomic mass is 9.76. The molecule has 4 N–H and O–H groups in total. The number of fused-ring (bicyclic) bond motifs is 3. The van der Waals surface area contributed by atoms with Gasteiger partial charge in [0.05, 0.1) is 32.3 Å². The number of nitrogens with zero attached hydrogens (tertiary/aromatic N) is 1. The fourth-order valence-corrected chi connectivity index (χ4v) is 6.00. The Bertz CT molecular complexity index is 1060. The van der Waals surface area contributed by atoms with Crippen molar-refractivity contribution in [1.82, 2.24) is 10.2 Å². The summed E-state index contributed by atoms with van der Waals surface area (Å²) in [5.74, 6) is -0.398. The molecule has 1 fully saturated rings. The normalized spacial score (nSPS) is 25.1. The van der Waals surface area contributed by atoms with Crippen molar-refractivity contribution in [3.63, 3.8) is 0 Å². The van der Waals surface area contributed by atoms with E-state index in [1.807, 2.05) is 13.0 Å². The first-order valence-electron chi connectivity index (χ1n) is 13.7. The first-order chi connectivity index (χ1) is 18.4. The molecule has 1 aromatic carbocycles. The van der Waals surface area contributed by atoms with Gasteiger partial charge in [-0.1, -0.05) is 38.7 Å². The zero-order chi connectivity index (χ0) is 27.2. The molecule has 0 spiro atoms. The SMILES string of the molecule is CCC=CC(=O)N(C1CCCCCC1)[C@@H]1C=C(C(=O)NCCO)[C@@H]2c3cc(CO)cc(OC)c3O[C@@H]2[C@H]1O. The summed E-state index contributed by atoms with van der Waals surface area (Å²) < 4.78 is 11.8. The van der Waals surface area contributed by atoms with Crippen LogP contribution in [0.4, 0.5) is 0 Å². The van der Waals surface area contributed by atoms with E-state index >= 15 is 0 Å². The summed E-state index contributed by atoms with van der Waals surface area (Å²) in [6.07, 6.45) is 9.71. The molecule has 1 saturated carbocycles. The average Bonchev–Trinajstić information content (AvgIpc) is 3.11. The highest BCUT2D eigenvalue weighted by Crippen LogP contribution is 2.51. The van der Waals surface area contributed by atoms with Gasteiger partial charge in [0.1, 0.15) is 12.2 Å². The van der Waals surface area contributed by atoms with Crippen molar-refractivity contribution in [2.75, 3.05) is 20.3 Å². The molecule has 9 heteroatoms. The number of aliphatic hydroxyl groups is 3. The molecule has 1 aromatic rings. The van der Waals surface area contributed by atoms with Crippen molar-refractivity contribution in [1.29, 1.82) is 0 Å². The van der Waals surface area contributed by atoms with Gasteiger partial charge in [0, 0.05) is 23.7 Å². The maximum Gasteiger partial charge on any atom is 0.247 e. The number of hydrogen-bond acceptors (Lipinski definition) is 7. The van der Waals surface area contributed by atoms with Crippen LogP contribution in [0.15, 0.2) is 35.9 Å². The number of carbonyl (C=O) groups excluding carboxylic acids is 2. The molecule has 0 aromatic heterocycles. The van der Waals surface area contributed by atoms with Crippen LogP contribution in [-0.4, -0.2) is 76.6 Å². The summed E-state index contributed by atoms with van der Waals surface area (Å²) in [5, 5.41) is 33.7. The van der Waals surface area contributed by atoms with Gasteiger partial charge in [0.25, 0.3) is 0 Å². The van der Waals surface area contributed by atoms with Gasteiger partial charge in [-0.25, -0.2) is 0 Å². The third kappa shape index (κ3) is 5.60. The summed E-state index contributed by atoms with van der Waals surface area (Å²) in [6, 6.07) is 2.59. The standard InChI is InChI=1S/C29H40N2O7/c1-3-4-11-24(34)31(19-9-7-5-6-8-10-19)22-16-21(29(36)30-12-13-32)25-20-14-18(17-33)15-23(37-2)27(20)38-28(25)26(22)35/h4,11,14-16,19,22,25-26,28,32-33,35H,3,5-10,12-13,17H2,1-2H3,(H,30,36)/t22-,25+,26+,28+/m1/s1. The maximum atomic E-state index is 13.6. The van der Waals surface area contributed by atoms with E-state index in [4.69, 9.17) is 9.47 Å². The molecule has 0 unspecified atom stereocenters. The van der Waals surface area contributed by atoms with E-state index in [-0.39, 0.29) is 31.7 Å². The predicted molar refractivity (Wildman–Crippen MR) is 142 cm³/mol. The molecular formula is C29H40N2O7. The summed E-state index contributed by atoms with van der Waals surface area (Å²) in [4.78, 5) is 28.8. The number of ether oxygens (including phenoxy) is 2. The van der Waals surface area contributed by atoms with Gasteiger partial charge in [-0.3, -0.25) is 9.59 Å². The summed E-state index contributed by atoms with van der Waals surface area (Å²) in [7, 11) is 1.50. The molecule has 3 aliphatic rings. The van der Waals surface area contributed by atoms with Crippen LogP contribution in [0.3, 0.4) is 0 Å². The Balaban J connectivity index is 1.82. The Morgan fingerprint density at radius 1 is 1.18 bits per heavy atom. The van der Waals surface area contributed by atoms with E-state index in [9.17, 15) is 24.9 Å². The number of rotatable bonds is 9. The van der Waals surface area contributed by atoms with E-state index in [0.29, 0.717) is 34.6 Å². The third-order valence-corrected chi connectivity index (χ3v) is 7.78. The van der Waals surface area contributed by atoms with Crippen LogP contribution in [0.2, 0.25) is 0 Å². The van der Waals surface area contributed by atoms with Crippen molar-refractivity contribution in [3.8, 4) is 11.5 Å². The Kier molecular flexibility index (Phi) is 9.46. The second-order valence-corrected chi connectivity index (χ2v) is 10.2. The fourth-order valence-electron chi connectivity index (χ4n) is 6.00. The zero-order valence-electron chi connectivity index (χ0n) is 22.3. The molecular weight excluding hydrogens is 488 g/mol. The largest absolute Gasteiger partial charge is 0.493 e. The molecule has 4 atom stereocenters. The highest BCUT2D eigenvalue weighted by Gasteiger charge is 2.52. The summed E-state index contributed by atoms with van der Waals surface area (Å²) in [5.41, 5.74) is 1.59. The lowest BCUT2D eigenvalue weighted by molar-refractivity contribution is -0.135. The van der Waals surface area contributed by atoms with Crippen molar-refractivity contribution in [2.45, 2.75) is 88.7 Å². The lowest BCUT2D eigenvalue weighted by Crippen LogP contribution is -2.58. The second-order valence-electron chi connectivity index (χ2n) is 10.2. The van der Waals surface area contributed by atoms with Crippen LogP contribution in [0, 0.1) is 0 Å². The van der Waals surface area contributed by atoms with Crippen molar-refractivity contribution >= 4 is 11.8 Å². The molecule has 38 heavy (non-hydrogen) atoms. The number of methoxy groups -OCH3 is 1. The van der Waals surface area contributed by atoms with Gasteiger partial charge < -0.3 is 35.0 Å². The third-order valence-electron chi connectivity index (χ3n) is 7.78. The van der Waals surface area contributed by atoms with E-state index < -0.39 is 30.1 Å². The number of hydrogen-bond donors (Lipinski definition) is 4. The molecule has 208 valence electrons. The summed E-state index contributed by atoms with van der Waals surface area (Å²) >= 11 is 0. The Morgan fingerprint density at radius 3 is 2.55 bits per heavy atom. The van der Waals surface area contributed by atoms with E-state index in [1.54, 1.807) is 29.2 Å². The molecule has 2 aliphatic carbocycles. The minimum absolute atomic E-state index is 0.0685. The highest BCUT2D eigenvalue weighted by molar-refractivity contribution is 5.96. The zero-order valence-corrected chi connectivity index (χ0v) is 22.3. The van der Waals surface area contributed by atoms with E-state index in [2.05, 4.69) is 5.32 Å². The van der Waals surface area contributed by atoms with E-state index in [1.165, 1.54) is 7.11 Å². The van der Waals surface area contributed by atoms with Gasteiger partial charge in [-0.05, 0) is 49.1 Å². The first-order valence-corrected chi connectivity index (χ1v) is 13.7. The molecule has 9 nitrogen and oxygen atoms in total. The molecule has 0 radical (unpaired) electrons. The molecule has 1 heterocycles. The average molecular weight is 529 g/mol. The van der Waals surface area contributed by atoms with Crippen LogP contribution in [0.5, 0.6) is 11.5 Å². The molecule has 0 bridgehead atoms. The van der Waals surface area contributed by atoms with Crippen molar-refractivity contribution < 1.29 is 34.4 Å². The van der Waals surface area contributed by atoms with Crippen LogP contribution in [-0.2, 0) is 16.2 Å². The Morgan fingerprint density at radius 2 is 1.92 bits per heavy atom. The van der Waals surface area contributed by atoms with Gasteiger partial charge in [-0.15, -0.1) is 0 Å². The number of allylic oxidation sites excluding steroid dienone is 1. The maximum absolute atomic E-state index is 13.6. The number of nitrogens with one attached hydrogen (secondary N) is 1. The first kappa shape index (κ1) is 28.1. The second kappa shape index (κ2) is 12.8. The number of benzene rings is 1. The number of carbonyl (C=O) groups is 2. The van der Waals surface area contributed by atoms with Crippen molar-refractivity contribution in [3.05, 3.63) is 47.1 Å². The van der Waals surface area contributed by atoms with Crippen molar-refractivity contribution in [2.24, 2.45) is 0 Å². The lowest BCUT2D eigenvalue weighted by Gasteiger charge is -2.43. The number of amides is 2. The molecule has 2 amide bonds. The van der Waals surface area contributed by atoms with Crippen LogP contribution in [0.1, 0.15) is 68.9 Å². The quantitative estimate of drug-likeness (QED) is 0.286. The molecule has 1 aliphatic heterocycles. The highest BCUT2D eigenvalue weighted by atomic mass is 16.5. The summed E-state index contributed by atoms with van der Waals surface area (Å²) in [6.45, 7) is 1.58. The molecule has 4 rings (SSSR count). The topological polar surface area (TPSA) is 129 Å². The van der Waals surface area contributed by atoms with Crippen LogP contribution < -0.4 is 14.8 Å². The predicted octanol–water partition coefficient (Wildman–Crippen LogP) is 2.33. The Hall–Kier alpha value is -2.88. The minimum Gasteiger partial charge on any atom is -0.493 e.